The maximum atomic E-state index is 11.6. The lowest BCUT2D eigenvalue weighted by Gasteiger charge is -2.06. The van der Waals surface area contributed by atoms with Gasteiger partial charge in [-0.15, -0.1) is 6.58 Å². The van der Waals surface area contributed by atoms with E-state index in [9.17, 15) is 9.90 Å². The molecule has 0 aliphatic carbocycles. The van der Waals surface area contributed by atoms with Crippen LogP contribution in [-0.4, -0.2) is 22.1 Å². The number of fused-ring (bicyclic) bond motifs is 1. The van der Waals surface area contributed by atoms with Gasteiger partial charge in [0.2, 0.25) is 5.91 Å². The Labute approximate surface area is 106 Å². The molecule has 0 aliphatic heterocycles. The fourth-order valence-corrected chi connectivity index (χ4v) is 1.96. The summed E-state index contributed by atoms with van der Waals surface area (Å²) in [6.45, 7) is 4.30. The molecule has 1 aromatic heterocycles. The van der Waals surface area contributed by atoms with E-state index in [2.05, 4.69) is 11.9 Å². The van der Waals surface area contributed by atoms with Crippen LogP contribution in [0.15, 0.2) is 43.1 Å². The van der Waals surface area contributed by atoms with E-state index in [1.165, 1.54) is 0 Å². The molecular formula is C14H16N2O2. The minimum atomic E-state index is -0.0539. The minimum absolute atomic E-state index is 0.00398. The summed E-state index contributed by atoms with van der Waals surface area (Å²) in [4.78, 5) is 11.6. The Morgan fingerprint density at radius 3 is 3.00 bits per heavy atom. The summed E-state index contributed by atoms with van der Waals surface area (Å²) in [5.41, 5.74) is 1.83. The summed E-state index contributed by atoms with van der Waals surface area (Å²) in [5.74, 6) is -0.0539. The molecule has 0 radical (unpaired) electrons. The van der Waals surface area contributed by atoms with Gasteiger partial charge < -0.3 is 15.0 Å². The van der Waals surface area contributed by atoms with Crippen LogP contribution in [0.4, 0.5) is 0 Å². The SMILES string of the molecule is C=CCNC(=O)Cn1ccc2c(CO)cccc21. The van der Waals surface area contributed by atoms with Gasteiger partial charge in [0.1, 0.15) is 6.54 Å². The van der Waals surface area contributed by atoms with Crippen LogP contribution in [0.25, 0.3) is 10.9 Å². The first-order valence-corrected chi connectivity index (χ1v) is 5.81. The van der Waals surface area contributed by atoms with Gasteiger partial charge in [-0.25, -0.2) is 0 Å². The highest BCUT2D eigenvalue weighted by molar-refractivity contribution is 5.85. The Morgan fingerprint density at radius 1 is 1.44 bits per heavy atom. The van der Waals surface area contributed by atoms with Crippen molar-refractivity contribution < 1.29 is 9.90 Å². The number of amides is 1. The monoisotopic (exact) mass is 244 g/mol. The number of aromatic nitrogens is 1. The van der Waals surface area contributed by atoms with E-state index in [0.29, 0.717) is 6.54 Å². The molecule has 0 saturated carbocycles. The van der Waals surface area contributed by atoms with Crippen molar-refractivity contribution in [2.24, 2.45) is 0 Å². The van der Waals surface area contributed by atoms with E-state index in [4.69, 9.17) is 0 Å². The first-order valence-electron chi connectivity index (χ1n) is 5.81. The maximum Gasteiger partial charge on any atom is 0.240 e. The fourth-order valence-electron chi connectivity index (χ4n) is 1.96. The molecule has 1 heterocycles. The third kappa shape index (κ3) is 2.43. The lowest BCUT2D eigenvalue weighted by molar-refractivity contribution is -0.121. The number of nitrogens with zero attached hydrogens (tertiary/aromatic N) is 1. The number of carbonyl (C=O) groups excluding carboxylic acids is 1. The first kappa shape index (κ1) is 12.4. The highest BCUT2D eigenvalue weighted by atomic mass is 16.3. The van der Waals surface area contributed by atoms with Gasteiger partial charge in [0, 0.05) is 23.6 Å². The maximum absolute atomic E-state index is 11.6. The van der Waals surface area contributed by atoms with Crippen LogP contribution in [0.3, 0.4) is 0 Å². The van der Waals surface area contributed by atoms with Crippen molar-refractivity contribution in [3.8, 4) is 0 Å². The summed E-state index contributed by atoms with van der Waals surface area (Å²) in [5, 5.41) is 13.0. The molecule has 1 amide bonds. The molecule has 0 saturated heterocycles. The number of benzene rings is 1. The van der Waals surface area contributed by atoms with Gasteiger partial charge in [-0.3, -0.25) is 4.79 Å². The van der Waals surface area contributed by atoms with E-state index >= 15 is 0 Å². The normalized spacial score (nSPS) is 10.5. The van der Waals surface area contributed by atoms with Crippen LogP contribution in [0.5, 0.6) is 0 Å². The number of nitrogens with one attached hydrogen (secondary N) is 1. The Bertz CT molecular complexity index is 572. The van der Waals surface area contributed by atoms with Gasteiger partial charge in [-0.2, -0.15) is 0 Å². The van der Waals surface area contributed by atoms with Gasteiger partial charge in [-0.1, -0.05) is 18.2 Å². The van der Waals surface area contributed by atoms with E-state index in [0.717, 1.165) is 16.5 Å². The second kappa shape index (κ2) is 5.51. The molecule has 4 nitrogen and oxygen atoms in total. The Kier molecular flexibility index (Phi) is 3.79. The average molecular weight is 244 g/mol. The van der Waals surface area contributed by atoms with Gasteiger partial charge in [0.05, 0.1) is 6.61 Å². The standard InChI is InChI=1S/C14H16N2O2/c1-2-7-15-14(18)9-16-8-6-12-11(10-17)4-3-5-13(12)16/h2-6,8,17H,1,7,9-10H2,(H,15,18). The summed E-state index contributed by atoms with van der Waals surface area (Å²) in [6.07, 6.45) is 3.51. The highest BCUT2D eigenvalue weighted by Gasteiger charge is 2.07. The molecular weight excluding hydrogens is 228 g/mol. The van der Waals surface area contributed by atoms with Gasteiger partial charge >= 0.3 is 0 Å². The molecule has 94 valence electrons. The smallest absolute Gasteiger partial charge is 0.240 e. The number of carbonyl (C=O) groups is 1. The van der Waals surface area contributed by atoms with Crippen molar-refractivity contribution in [1.29, 1.82) is 0 Å². The summed E-state index contributed by atoms with van der Waals surface area (Å²) in [6, 6.07) is 7.62. The lowest BCUT2D eigenvalue weighted by Crippen LogP contribution is -2.27. The van der Waals surface area contributed by atoms with Crippen LogP contribution in [0.1, 0.15) is 5.56 Å². The number of aliphatic hydroxyl groups excluding tert-OH is 1. The van der Waals surface area contributed by atoms with E-state index < -0.39 is 0 Å². The second-order valence-electron chi connectivity index (χ2n) is 4.04. The number of hydrogen-bond donors (Lipinski definition) is 2. The van der Waals surface area contributed by atoms with Crippen LogP contribution in [-0.2, 0) is 17.9 Å². The lowest BCUT2D eigenvalue weighted by atomic mass is 10.1. The predicted octanol–water partition coefficient (Wildman–Crippen LogP) is 1.44. The zero-order chi connectivity index (χ0) is 13.0. The molecule has 2 rings (SSSR count). The zero-order valence-electron chi connectivity index (χ0n) is 10.1. The largest absolute Gasteiger partial charge is 0.392 e. The molecule has 2 N–H and O–H groups in total. The molecule has 0 bridgehead atoms. The quantitative estimate of drug-likeness (QED) is 0.782. The van der Waals surface area contributed by atoms with Crippen molar-refractivity contribution in [2.75, 3.05) is 6.54 Å². The molecule has 0 fully saturated rings. The molecule has 2 aromatic rings. The van der Waals surface area contributed by atoms with Crippen molar-refractivity contribution in [3.63, 3.8) is 0 Å². The first-order chi connectivity index (χ1) is 8.76. The van der Waals surface area contributed by atoms with Crippen LogP contribution >= 0.6 is 0 Å². The van der Waals surface area contributed by atoms with Crippen molar-refractivity contribution in [1.82, 2.24) is 9.88 Å². The van der Waals surface area contributed by atoms with E-state index in [-0.39, 0.29) is 19.1 Å². The minimum Gasteiger partial charge on any atom is -0.392 e. The molecule has 0 aliphatic rings. The van der Waals surface area contributed by atoms with E-state index in [1.54, 1.807) is 6.08 Å². The molecule has 0 unspecified atom stereocenters. The Hall–Kier alpha value is -2.07. The third-order valence-corrected chi connectivity index (χ3v) is 2.83. The molecule has 18 heavy (non-hydrogen) atoms. The fraction of sp³-hybridized carbons (Fsp3) is 0.214. The number of rotatable bonds is 5. The third-order valence-electron chi connectivity index (χ3n) is 2.83. The summed E-state index contributed by atoms with van der Waals surface area (Å²) >= 11 is 0. The average Bonchev–Trinajstić information content (AvgIpc) is 2.79. The second-order valence-corrected chi connectivity index (χ2v) is 4.04. The van der Waals surface area contributed by atoms with Crippen molar-refractivity contribution in [3.05, 3.63) is 48.7 Å². The zero-order valence-corrected chi connectivity index (χ0v) is 10.1. The number of aliphatic hydroxyl groups is 1. The number of hydrogen-bond acceptors (Lipinski definition) is 2. The Morgan fingerprint density at radius 2 is 2.28 bits per heavy atom. The molecule has 1 aromatic carbocycles. The van der Waals surface area contributed by atoms with Crippen molar-refractivity contribution in [2.45, 2.75) is 13.2 Å². The van der Waals surface area contributed by atoms with Gasteiger partial charge in [-0.05, 0) is 17.7 Å². The highest BCUT2D eigenvalue weighted by Crippen LogP contribution is 2.20. The summed E-state index contributed by atoms with van der Waals surface area (Å²) in [7, 11) is 0. The topological polar surface area (TPSA) is 54.3 Å². The van der Waals surface area contributed by atoms with Gasteiger partial charge in [0.25, 0.3) is 0 Å². The van der Waals surface area contributed by atoms with Crippen LogP contribution in [0, 0.1) is 0 Å². The Balaban J connectivity index is 2.24. The molecule has 0 atom stereocenters. The molecule has 0 spiro atoms. The van der Waals surface area contributed by atoms with Crippen LogP contribution < -0.4 is 5.32 Å². The van der Waals surface area contributed by atoms with Crippen LogP contribution in [0.2, 0.25) is 0 Å². The summed E-state index contributed by atoms with van der Waals surface area (Å²) < 4.78 is 1.87. The van der Waals surface area contributed by atoms with Gasteiger partial charge in [0.15, 0.2) is 0 Å². The van der Waals surface area contributed by atoms with Crippen molar-refractivity contribution >= 4 is 16.8 Å². The molecule has 4 heteroatoms. The van der Waals surface area contributed by atoms with E-state index in [1.807, 2.05) is 35.0 Å². The predicted molar refractivity (Wildman–Crippen MR) is 71.1 cm³/mol.